The van der Waals surface area contributed by atoms with Crippen LogP contribution in [-0.2, 0) is 11.3 Å². The number of aryl methyl sites for hydroxylation is 1. The topological polar surface area (TPSA) is 39.9 Å². The summed E-state index contributed by atoms with van der Waals surface area (Å²) in [5.74, 6) is 0.945. The number of halogens is 1. The van der Waals surface area contributed by atoms with Gasteiger partial charge in [-0.2, -0.15) is 0 Å². The van der Waals surface area contributed by atoms with Crippen molar-refractivity contribution in [3.8, 4) is 5.69 Å². The van der Waals surface area contributed by atoms with Crippen molar-refractivity contribution in [3.05, 3.63) is 126 Å². The molecule has 2 heterocycles. The summed E-state index contributed by atoms with van der Waals surface area (Å²) < 4.78 is 8.55. The fraction of sp³-hybridized carbons (Fsp3) is 0.111. The number of hydrogen-bond donors (Lipinski definition) is 0. The Bertz CT molecular complexity index is 1250. The predicted molar refractivity (Wildman–Crippen MR) is 130 cm³/mol. The highest BCUT2D eigenvalue weighted by molar-refractivity contribution is 5.85. The standard InChI is InChI=1S/C27H23N3O.ClH/c1-20-29-25-18-28-17-16-26(25)30(20)24-14-12-21(13-15-24)19-31-27(22-8-4-2-5-9-22)23-10-6-3-7-11-23;/h2-18,27H,19H2,1H3;1H. The Balaban J connectivity index is 0.00000245. The number of aromatic nitrogens is 3. The van der Waals surface area contributed by atoms with E-state index in [9.17, 15) is 0 Å². The van der Waals surface area contributed by atoms with E-state index in [1.54, 1.807) is 12.4 Å². The molecule has 0 spiro atoms. The fourth-order valence-electron chi connectivity index (χ4n) is 3.94. The molecule has 5 heteroatoms. The summed E-state index contributed by atoms with van der Waals surface area (Å²) >= 11 is 0. The fourth-order valence-corrected chi connectivity index (χ4v) is 3.94. The number of pyridine rings is 1. The second-order valence-corrected chi connectivity index (χ2v) is 7.54. The van der Waals surface area contributed by atoms with Crippen LogP contribution < -0.4 is 0 Å². The summed E-state index contributed by atoms with van der Waals surface area (Å²) in [6.45, 7) is 2.55. The molecule has 0 aliphatic heterocycles. The van der Waals surface area contributed by atoms with Gasteiger partial charge < -0.3 is 4.74 Å². The minimum absolute atomic E-state index is 0. The number of ether oxygens (including phenoxy) is 1. The Kier molecular flexibility index (Phi) is 6.64. The van der Waals surface area contributed by atoms with Crippen molar-refractivity contribution in [3.63, 3.8) is 0 Å². The number of rotatable bonds is 6. The van der Waals surface area contributed by atoms with E-state index in [4.69, 9.17) is 4.74 Å². The molecule has 0 bridgehead atoms. The molecule has 0 amide bonds. The van der Waals surface area contributed by atoms with E-state index in [1.165, 1.54) is 0 Å². The lowest BCUT2D eigenvalue weighted by Crippen LogP contribution is -2.06. The Morgan fingerprint density at radius 2 is 1.44 bits per heavy atom. The van der Waals surface area contributed by atoms with Crippen molar-refractivity contribution in [2.75, 3.05) is 0 Å². The van der Waals surface area contributed by atoms with Crippen LogP contribution >= 0.6 is 12.4 Å². The first-order valence-electron chi connectivity index (χ1n) is 10.4. The summed E-state index contributed by atoms with van der Waals surface area (Å²) in [5, 5.41) is 0. The van der Waals surface area contributed by atoms with Crippen LogP contribution in [0.2, 0.25) is 0 Å². The molecule has 0 saturated carbocycles. The van der Waals surface area contributed by atoms with E-state index < -0.39 is 0 Å². The van der Waals surface area contributed by atoms with Crippen LogP contribution in [0.15, 0.2) is 103 Å². The van der Waals surface area contributed by atoms with Crippen LogP contribution in [0.3, 0.4) is 0 Å². The molecule has 0 unspecified atom stereocenters. The maximum atomic E-state index is 6.40. The van der Waals surface area contributed by atoms with Gasteiger partial charge in [0.05, 0.1) is 18.3 Å². The first-order valence-corrected chi connectivity index (χ1v) is 10.4. The third kappa shape index (κ3) is 4.42. The van der Waals surface area contributed by atoms with Gasteiger partial charge in [0.25, 0.3) is 0 Å². The molecule has 5 aromatic rings. The minimum Gasteiger partial charge on any atom is -0.364 e. The summed E-state index contributed by atoms with van der Waals surface area (Å²) in [5.41, 5.74) is 6.48. The number of imidazole rings is 1. The lowest BCUT2D eigenvalue weighted by atomic mass is 10.0. The van der Waals surface area contributed by atoms with Crippen molar-refractivity contribution in [2.24, 2.45) is 0 Å². The lowest BCUT2D eigenvalue weighted by Gasteiger charge is -2.19. The van der Waals surface area contributed by atoms with Crippen molar-refractivity contribution >= 4 is 23.4 Å². The summed E-state index contributed by atoms with van der Waals surface area (Å²) in [6.07, 6.45) is 3.50. The SMILES string of the molecule is Cc1nc2cnccc2n1-c1ccc(COC(c2ccccc2)c2ccccc2)cc1.Cl. The molecular weight excluding hydrogens is 418 g/mol. The zero-order chi connectivity index (χ0) is 21.0. The first-order chi connectivity index (χ1) is 15.3. The van der Waals surface area contributed by atoms with E-state index in [0.717, 1.165) is 39.2 Å². The molecular formula is C27H24ClN3O. The van der Waals surface area contributed by atoms with Gasteiger partial charge in [0.15, 0.2) is 0 Å². The number of nitrogens with zero attached hydrogens (tertiary/aromatic N) is 3. The molecule has 2 aromatic heterocycles. The molecule has 0 atom stereocenters. The third-order valence-electron chi connectivity index (χ3n) is 5.44. The van der Waals surface area contributed by atoms with Crippen molar-refractivity contribution in [2.45, 2.75) is 19.6 Å². The van der Waals surface area contributed by atoms with Crippen LogP contribution in [0.4, 0.5) is 0 Å². The maximum absolute atomic E-state index is 6.40. The summed E-state index contributed by atoms with van der Waals surface area (Å²) in [6, 6.07) is 31.2. The molecule has 32 heavy (non-hydrogen) atoms. The molecule has 0 fully saturated rings. The summed E-state index contributed by atoms with van der Waals surface area (Å²) in [7, 11) is 0. The zero-order valence-corrected chi connectivity index (χ0v) is 18.6. The van der Waals surface area contributed by atoms with Crippen molar-refractivity contribution < 1.29 is 4.74 Å². The molecule has 4 nitrogen and oxygen atoms in total. The van der Waals surface area contributed by atoms with E-state index >= 15 is 0 Å². The van der Waals surface area contributed by atoms with Gasteiger partial charge in [0.1, 0.15) is 17.4 Å². The van der Waals surface area contributed by atoms with Crippen LogP contribution in [0.1, 0.15) is 28.6 Å². The van der Waals surface area contributed by atoms with E-state index in [1.807, 2.05) is 25.1 Å². The maximum Gasteiger partial charge on any atom is 0.111 e. The Hall–Kier alpha value is -3.47. The van der Waals surface area contributed by atoms with Crippen molar-refractivity contribution in [1.29, 1.82) is 0 Å². The van der Waals surface area contributed by atoms with Gasteiger partial charge in [-0.1, -0.05) is 72.8 Å². The lowest BCUT2D eigenvalue weighted by molar-refractivity contribution is 0.0667. The molecule has 0 N–H and O–H groups in total. The largest absolute Gasteiger partial charge is 0.364 e. The van der Waals surface area contributed by atoms with Gasteiger partial charge in [-0.15, -0.1) is 12.4 Å². The smallest absolute Gasteiger partial charge is 0.111 e. The monoisotopic (exact) mass is 441 g/mol. The van der Waals surface area contributed by atoms with Crippen LogP contribution in [0.5, 0.6) is 0 Å². The van der Waals surface area contributed by atoms with Gasteiger partial charge in [-0.05, 0) is 41.8 Å². The minimum atomic E-state index is -0.102. The quantitative estimate of drug-likeness (QED) is 0.303. The average Bonchev–Trinajstić information content (AvgIpc) is 3.17. The second kappa shape index (κ2) is 9.77. The van der Waals surface area contributed by atoms with Gasteiger partial charge in [0, 0.05) is 11.9 Å². The van der Waals surface area contributed by atoms with E-state index in [2.05, 4.69) is 87.3 Å². The van der Waals surface area contributed by atoms with Gasteiger partial charge >= 0.3 is 0 Å². The Morgan fingerprint density at radius 1 is 0.812 bits per heavy atom. The first kappa shape index (κ1) is 21.8. The van der Waals surface area contributed by atoms with Gasteiger partial charge in [-0.3, -0.25) is 9.55 Å². The van der Waals surface area contributed by atoms with E-state index in [-0.39, 0.29) is 18.5 Å². The highest BCUT2D eigenvalue weighted by atomic mass is 35.5. The zero-order valence-electron chi connectivity index (χ0n) is 17.8. The second-order valence-electron chi connectivity index (χ2n) is 7.54. The predicted octanol–water partition coefficient (Wildman–Crippen LogP) is 6.46. The van der Waals surface area contributed by atoms with Crippen LogP contribution in [0, 0.1) is 6.92 Å². The number of benzene rings is 3. The molecule has 3 aromatic carbocycles. The highest BCUT2D eigenvalue weighted by Gasteiger charge is 2.15. The molecule has 0 saturated heterocycles. The normalized spacial score (nSPS) is 10.9. The Morgan fingerprint density at radius 3 is 2.06 bits per heavy atom. The van der Waals surface area contributed by atoms with Gasteiger partial charge in [-0.25, -0.2) is 4.98 Å². The van der Waals surface area contributed by atoms with Crippen molar-refractivity contribution in [1.82, 2.24) is 14.5 Å². The highest BCUT2D eigenvalue weighted by Crippen LogP contribution is 2.27. The molecule has 160 valence electrons. The number of fused-ring (bicyclic) bond motifs is 1. The van der Waals surface area contributed by atoms with E-state index in [0.29, 0.717) is 6.61 Å². The van der Waals surface area contributed by atoms with Crippen LogP contribution in [0.25, 0.3) is 16.7 Å². The molecule has 5 rings (SSSR count). The average molecular weight is 442 g/mol. The molecule has 0 aliphatic rings. The summed E-state index contributed by atoms with van der Waals surface area (Å²) in [4.78, 5) is 8.79. The molecule has 0 radical (unpaired) electrons. The third-order valence-corrected chi connectivity index (χ3v) is 5.44. The molecule has 0 aliphatic carbocycles. The van der Waals surface area contributed by atoms with Gasteiger partial charge in [0.2, 0.25) is 0 Å². The van der Waals surface area contributed by atoms with Crippen LogP contribution in [-0.4, -0.2) is 14.5 Å². The number of hydrogen-bond acceptors (Lipinski definition) is 3. The Labute approximate surface area is 194 Å².